The lowest BCUT2D eigenvalue weighted by atomic mass is 10.3. The highest BCUT2D eigenvalue weighted by Crippen LogP contribution is 2.30. The molecule has 1 rings (SSSR count). The number of halogens is 1. The molecule has 0 aliphatic carbocycles. The lowest BCUT2D eigenvalue weighted by Crippen LogP contribution is -2.27. The van der Waals surface area contributed by atoms with Crippen molar-refractivity contribution in [1.29, 1.82) is 0 Å². The number of nitrogens with zero attached hydrogens (tertiary/aromatic N) is 2. The van der Waals surface area contributed by atoms with E-state index in [1.54, 1.807) is 0 Å². The molecule has 1 aromatic heterocycles. The maximum absolute atomic E-state index is 5.85. The average Bonchev–Trinajstić information content (AvgIpc) is 2.43. The van der Waals surface area contributed by atoms with Crippen molar-refractivity contribution in [2.45, 2.75) is 60.1 Å². The van der Waals surface area contributed by atoms with E-state index in [9.17, 15) is 0 Å². The Morgan fingerprint density at radius 3 is 2.70 bits per heavy atom. The number of aromatic nitrogens is 1. The van der Waals surface area contributed by atoms with Crippen LogP contribution in [0.15, 0.2) is 15.5 Å². The van der Waals surface area contributed by atoms with Crippen molar-refractivity contribution in [2.75, 3.05) is 13.2 Å². The van der Waals surface area contributed by atoms with Gasteiger partial charge in [0.2, 0.25) is 5.88 Å². The molecule has 1 unspecified atom stereocenters. The Morgan fingerprint density at radius 2 is 2.09 bits per heavy atom. The Bertz CT molecular complexity index is 533. The summed E-state index contributed by atoms with van der Waals surface area (Å²) < 4.78 is 12.1. The molecule has 0 spiro atoms. The minimum absolute atomic E-state index is 0.0524. The molecule has 0 bridgehead atoms. The topological polar surface area (TPSA) is 55.7 Å². The number of hydrogen-bond donors (Lipinski definition) is 1. The molecular weight excluding hydrogens is 358 g/mol. The van der Waals surface area contributed by atoms with E-state index in [1.165, 1.54) is 0 Å². The molecule has 130 valence electrons. The van der Waals surface area contributed by atoms with Crippen LogP contribution in [0.2, 0.25) is 0 Å². The number of ether oxygens (including phenoxy) is 2. The van der Waals surface area contributed by atoms with Crippen molar-refractivity contribution < 1.29 is 9.47 Å². The Morgan fingerprint density at radius 1 is 1.39 bits per heavy atom. The van der Waals surface area contributed by atoms with Crippen molar-refractivity contribution in [2.24, 2.45) is 4.99 Å². The Hall–Kier alpha value is -1.14. The van der Waals surface area contributed by atoms with Gasteiger partial charge in [-0.2, -0.15) is 0 Å². The van der Waals surface area contributed by atoms with Gasteiger partial charge >= 0.3 is 0 Å². The summed E-state index contributed by atoms with van der Waals surface area (Å²) in [7, 11) is 0. The van der Waals surface area contributed by atoms with E-state index < -0.39 is 0 Å². The SMILES string of the molecule is CCCOCC(C)Oc1nc(C)c(N=C(C)NC(C)C)cc1Br. The maximum atomic E-state index is 5.85. The van der Waals surface area contributed by atoms with Gasteiger partial charge in [-0.1, -0.05) is 6.92 Å². The smallest absolute Gasteiger partial charge is 0.228 e. The van der Waals surface area contributed by atoms with Crippen molar-refractivity contribution in [3.63, 3.8) is 0 Å². The molecule has 1 heterocycles. The second kappa shape index (κ2) is 9.88. The highest BCUT2D eigenvalue weighted by atomic mass is 79.9. The first-order valence-electron chi connectivity index (χ1n) is 8.06. The highest BCUT2D eigenvalue weighted by Gasteiger charge is 2.12. The van der Waals surface area contributed by atoms with E-state index in [0.717, 1.165) is 34.7 Å². The molecule has 0 aromatic carbocycles. The second-order valence-corrected chi connectivity index (χ2v) is 6.73. The molecule has 1 aromatic rings. The van der Waals surface area contributed by atoms with Gasteiger partial charge in [0.1, 0.15) is 6.10 Å². The van der Waals surface area contributed by atoms with Crippen LogP contribution in [0, 0.1) is 6.92 Å². The third-order valence-electron chi connectivity index (χ3n) is 2.91. The number of pyridine rings is 1. The molecule has 0 aliphatic rings. The predicted molar refractivity (Wildman–Crippen MR) is 98.9 cm³/mol. The molecule has 0 aliphatic heterocycles. The molecule has 0 amide bonds. The van der Waals surface area contributed by atoms with Crippen LogP contribution >= 0.6 is 15.9 Å². The molecule has 1 N–H and O–H groups in total. The molecule has 0 saturated heterocycles. The summed E-state index contributed by atoms with van der Waals surface area (Å²) >= 11 is 3.51. The molecule has 0 saturated carbocycles. The molecule has 0 fully saturated rings. The van der Waals surface area contributed by atoms with Crippen molar-refractivity contribution in [3.8, 4) is 5.88 Å². The number of rotatable bonds is 8. The summed E-state index contributed by atoms with van der Waals surface area (Å²) in [5.74, 6) is 1.44. The van der Waals surface area contributed by atoms with Crippen LogP contribution in [0.3, 0.4) is 0 Å². The van der Waals surface area contributed by atoms with Gasteiger partial charge in [0.15, 0.2) is 0 Å². The molecule has 23 heavy (non-hydrogen) atoms. The number of amidine groups is 1. The summed E-state index contributed by atoms with van der Waals surface area (Å²) in [6.07, 6.45) is 0.952. The minimum Gasteiger partial charge on any atom is -0.471 e. The van der Waals surface area contributed by atoms with Gasteiger partial charge in [-0.05, 0) is 63.0 Å². The summed E-state index contributed by atoms with van der Waals surface area (Å²) in [6.45, 7) is 13.4. The quantitative estimate of drug-likeness (QED) is 0.409. The second-order valence-electron chi connectivity index (χ2n) is 5.88. The zero-order valence-corrected chi connectivity index (χ0v) is 16.5. The Kier molecular flexibility index (Phi) is 8.55. The van der Waals surface area contributed by atoms with Crippen molar-refractivity contribution in [1.82, 2.24) is 10.3 Å². The van der Waals surface area contributed by atoms with Crippen LogP contribution in [0.4, 0.5) is 5.69 Å². The largest absolute Gasteiger partial charge is 0.471 e. The molecule has 0 radical (unpaired) electrons. The normalized spacial score (nSPS) is 13.3. The minimum atomic E-state index is -0.0524. The standard InChI is InChI=1S/C17H28BrN3O2/c1-7-8-22-10-12(4)23-17-15(18)9-16(13(5)20-17)21-14(6)19-11(2)3/h9,11-12H,7-8,10H2,1-6H3,(H,19,21). The van der Waals surface area contributed by atoms with Gasteiger partial charge in [0, 0.05) is 12.6 Å². The molecule has 5 nitrogen and oxygen atoms in total. The third kappa shape index (κ3) is 7.31. The number of nitrogens with one attached hydrogen (secondary N) is 1. The van der Waals surface area contributed by atoms with E-state index in [2.05, 4.69) is 52.0 Å². The van der Waals surface area contributed by atoms with Gasteiger partial charge in [0.05, 0.1) is 28.3 Å². The van der Waals surface area contributed by atoms with Crippen LogP contribution in [0.5, 0.6) is 5.88 Å². The monoisotopic (exact) mass is 385 g/mol. The van der Waals surface area contributed by atoms with Crippen LogP contribution in [0.25, 0.3) is 0 Å². The van der Waals surface area contributed by atoms with E-state index >= 15 is 0 Å². The van der Waals surface area contributed by atoms with Gasteiger partial charge in [-0.25, -0.2) is 9.98 Å². The van der Waals surface area contributed by atoms with Crippen molar-refractivity contribution >= 4 is 27.5 Å². The van der Waals surface area contributed by atoms with Gasteiger partial charge in [0.25, 0.3) is 0 Å². The first-order chi connectivity index (χ1) is 10.8. The van der Waals surface area contributed by atoms with Gasteiger partial charge in [-0.15, -0.1) is 0 Å². The average molecular weight is 386 g/mol. The number of aliphatic imine (C=N–C) groups is 1. The zero-order valence-electron chi connectivity index (χ0n) is 14.9. The summed E-state index contributed by atoms with van der Waals surface area (Å²) in [5.41, 5.74) is 1.65. The van der Waals surface area contributed by atoms with Gasteiger partial charge in [-0.3, -0.25) is 0 Å². The third-order valence-corrected chi connectivity index (χ3v) is 3.48. The Labute approximate surface area is 148 Å². The zero-order chi connectivity index (χ0) is 17.4. The summed E-state index contributed by atoms with van der Waals surface area (Å²) in [4.78, 5) is 9.09. The van der Waals surface area contributed by atoms with Crippen LogP contribution < -0.4 is 10.1 Å². The first-order valence-corrected chi connectivity index (χ1v) is 8.86. The fourth-order valence-corrected chi connectivity index (χ4v) is 2.39. The lowest BCUT2D eigenvalue weighted by molar-refractivity contribution is 0.0563. The van der Waals surface area contributed by atoms with Crippen LogP contribution in [-0.2, 0) is 4.74 Å². The summed E-state index contributed by atoms with van der Waals surface area (Å²) in [6, 6.07) is 2.28. The predicted octanol–water partition coefficient (Wildman–Crippen LogP) is 4.39. The molecule has 6 heteroatoms. The molecule has 1 atom stereocenters. The van der Waals surface area contributed by atoms with E-state index in [4.69, 9.17) is 9.47 Å². The van der Waals surface area contributed by atoms with Crippen LogP contribution in [0.1, 0.15) is 46.7 Å². The van der Waals surface area contributed by atoms with Crippen molar-refractivity contribution in [3.05, 3.63) is 16.2 Å². The van der Waals surface area contributed by atoms with E-state index in [0.29, 0.717) is 18.5 Å². The number of aryl methyl sites for hydroxylation is 1. The molecular formula is C17H28BrN3O2. The summed E-state index contributed by atoms with van der Waals surface area (Å²) in [5, 5.41) is 3.27. The maximum Gasteiger partial charge on any atom is 0.228 e. The van der Waals surface area contributed by atoms with E-state index in [1.807, 2.05) is 26.8 Å². The van der Waals surface area contributed by atoms with Gasteiger partial charge < -0.3 is 14.8 Å². The van der Waals surface area contributed by atoms with Crippen LogP contribution in [-0.4, -0.2) is 36.2 Å². The fourth-order valence-electron chi connectivity index (χ4n) is 1.99. The van der Waals surface area contributed by atoms with E-state index in [-0.39, 0.29) is 6.10 Å². The number of hydrogen-bond acceptors (Lipinski definition) is 4. The Balaban J connectivity index is 2.80. The lowest BCUT2D eigenvalue weighted by Gasteiger charge is -2.16. The first kappa shape index (κ1) is 19.9. The fraction of sp³-hybridized carbons (Fsp3) is 0.647. The highest BCUT2D eigenvalue weighted by molar-refractivity contribution is 9.10.